The highest BCUT2D eigenvalue weighted by Gasteiger charge is 2.37. The van der Waals surface area contributed by atoms with E-state index in [0.29, 0.717) is 22.1 Å². The van der Waals surface area contributed by atoms with Gasteiger partial charge in [0, 0.05) is 66.8 Å². The van der Waals surface area contributed by atoms with Crippen molar-refractivity contribution in [1.82, 2.24) is 5.32 Å². The van der Waals surface area contributed by atoms with Crippen molar-refractivity contribution in [1.29, 1.82) is 0 Å². The predicted molar refractivity (Wildman–Crippen MR) is 141 cm³/mol. The Morgan fingerprint density at radius 1 is 1.27 bits per heavy atom. The van der Waals surface area contributed by atoms with Crippen LogP contribution >= 0.6 is 53.5 Å². The molecule has 0 aromatic heterocycles. The van der Waals surface area contributed by atoms with Crippen molar-refractivity contribution in [3.63, 3.8) is 0 Å². The molecule has 0 spiro atoms. The van der Waals surface area contributed by atoms with Gasteiger partial charge in [0.15, 0.2) is 17.5 Å². The first-order valence-electron chi connectivity index (χ1n) is 9.74. The molecule has 0 aliphatic carbocycles. The molecule has 0 radical (unpaired) electrons. The van der Waals surface area contributed by atoms with E-state index in [9.17, 15) is 23.1 Å². The lowest BCUT2D eigenvalue weighted by Gasteiger charge is -2.43. The molecule has 1 fully saturated rings. The maximum Gasteiger partial charge on any atom is 0.255 e. The second-order valence-corrected chi connectivity index (χ2v) is 9.71. The van der Waals surface area contributed by atoms with Gasteiger partial charge in [-0.3, -0.25) is 4.79 Å². The summed E-state index contributed by atoms with van der Waals surface area (Å²) in [6.45, 7) is 5.97. The molecule has 180 valence electrons. The van der Waals surface area contributed by atoms with Gasteiger partial charge >= 0.3 is 0 Å². The molecule has 1 heterocycles. The molecule has 3 unspecified atom stereocenters. The average molecular weight is 631 g/mol. The van der Waals surface area contributed by atoms with Crippen molar-refractivity contribution in [3.05, 3.63) is 58.4 Å². The van der Waals surface area contributed by atoms with Gasteiger partial charge in [0.1, 0.15) is 0 Å². The molecular weight excluding hydrogens is 608 g/mol. The monoisotopic (exact) mass is 630 g/mol. The minimum Gasteiger partial charge on any atom is -0.395 e. The van der Waals surface area contributed by atoms with Gasteiger partial charge in [-0.15, -0.1) is 18.2 Å². The largest absolute Gasteiger partial charge is 0.395 e. The van der Waals surface area contributed by atoms with Crippen molar-refractivity contribution in [2.45, 2.75) is 43.0 Å². The second kappa shape index (κ2) is 15.0. The molecule has 1 amide bonds. The Bertz CT molecular complexity index is 972. The normalized spacial score (nSPS) is 18.5. The highest BCUT2D eigenvalue weighted by atomic mass is 127. The van der Waals surface area contributed by atoms with E-state index in [2.05, 4.69) is 15.9 Å². The van der Waals surface area contributed by atoms with E-state index in [4.69, 9.17) is 18.0 Å². The van der Waals surface area contributed by atoms with E-state index in [1.165, 1.54) is 26.8 Å². The smallest absolute Gasteiger partial charge is 0.255 e. The summed E-state index contributed by atoms with van der Waals surface area (Å²) >= 11 is 9.68. The van der Waals surface area contributed by atoms with Crippen LogP contribution in [-0.2, 0) is 0 Å². The number of thioether (sulfide) groups is 1. The van der Waals surface area contributed by atoms with Crippen LogP contribution in [0.3, 0.4) is 0 Å². The lowest BCUT2D eigenvalue weighted by molar-refractivity contribution is 0.102. The first-order valence-corrected chi connectivity index (χ1v) is 14.4. The number of terminal acetylenes is 1. The van der Waals surface area contributed by atoms with E-state index in [1.54, 1.807) is 12.1 Å². The highest BCUT2D eigenvalue weighted by Crippen LogP contribution is 2.37. The molecule has 3 atom stereocenters. The number of carbonyl (C=O) groups is 1. The van der Waals surface area contributed by atoms with Crippen LogP contribution in [0, 0.1) is 29.1 Å². The Hall–Kier alpha value is -1.10. The molecule has 2 aromatic rings. The van der Waals surface area contributed by atoms with E-state index >= 15 is 0 Å². The number of carbonyl (C=O) groups excluding carboxylic acids is 1. The van der Waals surface area contributed by atoms with Gasteiger partial charge in [0.05, 0.1) is 11.6 Å². The van der Waals surface area contributed by atoms with Gasteiger partial charge in [-0.1, -0.05) is 25.4 Å². The maximum absolute atomic E-state index is 13.3. The van der Waals surface area contributed by atoms with Crippen molar-refractivity contribution < 1.29 is 23.1 Å². The SMILES string of the molecule is C#CSI.CC.CC1NC(CO)C1Sc1cc(C(=O)Nc2cc(F)c(F)c(F)c2)ccc1Cl. The number of halogens is 5. The van der Waals surface area contributed by atoms with E-state index < -0.39 is 23.4 Å². The molecule has 1 aliphatic heterocycles. The topological polar surface area (TPSA) is 61.4 Å². The molecule has 33 heavy (non-hydrogen) atoms. The van der Waals surface area contributed by atoms with Crippen LogP contribution in [0.25, 0.3) is 0 Å². The summed E-state index contributed by atoms with van der Waals surface area (Å²) < 4.78 is 39.6. The van der Waals surface area contributed by atoms with Gasteiger partial charge in [0.25, 0.3) is 5.91 Å². The zero-order valence-corrected chi connectivity index (χ0v) is 22.5. The number of benzene rings is 2. The first kappa shape index (κ1) is 29.9. The van der Waals surface area contributed by atoms with Crippen LogP contribution < -0.4 is 10.6 Å². The van der Waals surface area contributed by atoms with Crippen molar-refractivity contribution in [2.24, 2.45) is 0 Å². The Labute approximate surface area is 217 Å². The summed E-state index contributed by atoms with van der Waals surface area (Å²) in [6, 6.07) is 6.11. The van der Waals surface area contributed by atoms with E-state index in [-0.39, 0.29) is 35.2 Å². The van der Waals surface area contributed by atoms with Gasteiger partial charge < -0.3 is 15.7 Å². The Balaban J connectivity index is 0.000000820. The second-order valence-electron chi connectivity index (χ2n) is 6.38. The van der Waals surface area contributed by atoms with Crippen molar-refractivity contribution in [3.8, 4) is 11.7 Å². The van der Waals surface area contributed by atoms with Crippen LogP contribution in [0.15, 0.2) is 35.2 Å². The molecule has 4 nitrogen and oxygen atoms in total. The van der Waals surface area contributed by atoms with Crippen molar-refractivity contribution >= 4 is 65.1 Å². The molecule has 3 N–H and O–H groups in total. The third-order valence-electron chi connectivity index (χ3n) is 4.31. The maximum atomic E-state index is 13.3. The summed E-state index contributed by atoms with van der Waals surface area (Å²) in [6.07, 6.45) is 4.73. The number of rotatable bonds is 5. The fourth-order valence-corrected chi connectivity index (χ4v) is 4.34. The summed E-state index contributed by atoms with van der Waals surface area (Å²) in [5.41, 5.74) is 0.0326. The first-order chi connectivity index (χ1) is 15.7. The highest BCUT2D eigenvalue weighted by molar-refractivity contribution is 14.2. The number of aliphatic hydroxyl groups excluding tert-OH is 1. The third-order valence-corrected chi connectivity index (χ3v) is 7.20. The molecule has 1 aliphatic rings. The summed E-state index contributed by atoms with van der Waals surface area (Å²) in [7, 11) is 1.35. The summed E-state index contributed by atoms with van der Waals surface area (Å²) in [5, 5.41) is 17.7. The molecule has 3 rings (SSSR count). The lowest BCUT2D eigenvalue weighted by atomic mass is 9.99. The summed E-state index contributed by atoms with van der Waals surface area (Å²) in [5.74, 6) is -4.99. The number of nitrogens with one attached hydrogen (secondary N) is 2. The molecule has 1 saturated heterocycles. The number of hydrogen-bond acceptors (Lipinski definition) is 5. The number of aliphatic hydroxyl groups is 1. The Morgan fingerprint density at radius 3 is 2.33 bits per heavy atom. The minimum absolute atomic E-state index is 0.0124. The lowest BCUT2D eigenvalue weighted by Crippen LogP contribution is -2.63. The third kappa shape index (κ3) is 8.56. The van der Waals surface area contributed by atoms with E-state index in [0.717, 1.165) is 0 Å². The van der Waals surface area contributed by atoms with Crippen LogP contribution in [-0.4, -0.2) is 35.0 Å². The zero-order chi connectivity index (χ0) is 25.1. The number of anilines is 1. The van der Waals surface area contributed by atoms with Crippen LogP contribution in [0.1, 0.15) is 31.1 Å². The van der Waals surface area contributed by atoms with Gasteiger partial charge in [-0.25, -0.2) is 13.2 Å². The molecular formula is C22H23ClF3IN2O2S2. The van der Waals surface area contributed by atoms with Gasteiger partial charge in [-0.2, -0.15) is 0 Å². The Kier molecular flexibility index (Phi) is 13.6. The van der Waals surface area contributed by atoms with Crippen molar-refractivity contribution in [2.75, 3.05) is 11.9 Å². The van der Waals surface area contributed by atoms with Crippen LogP contribution in [0.2, 0.25) is 5.02 Å². The quantitative estimate of drug-likeness (QED) is 0.200. The van der Waals surface area contributed by atoms with E-state index in [1.807, 2.05) is 42.0 Å². The molecule has 0 saturated carbocycles. The van der Waals surface area contributed by atoms with Crippen LogP contribution in [0.4, 0.5) is 18.9 Å². The fourth-order valence-electron chi connectivity index (χ4n) is 2.81. The molecule has 11 heteroatoms. The summed E-state index contributed by atoms with van der Waals surface area (Å²) in [4.78, 5) is 13.0. The standard InChI is InChI=1S/C18H16ClF3N2O2S.C2HIS.C2H6/c1-8-17(14(7-25)23-8)27-15-4-9(2-3-11(15)19)18(26)24-10-5-12(20)16(22)13(21)6-10;1-2-4-3;1-2/h2-6,8,14,17,23,25H,7H2,1H3,(H,24,26);1H;1-2H3. The zero-order valence-electron chi connectivity index (χ0n) is 18.0. The fraction of sp³-hybridized carbons (Fsp3) is 0.318. The van der Waals surface area contributed by atoms with Gasteiger partial charge in [-0.05, 0) is 39.3 Å². The number of hydrogen-bond donors (Lipinski definition) is 3. The van der Waals surface area contributed by atoms with Gasteiger partial charge in [0.2, 0.25) is 0 Å². The van der Waals surface area contributed by atoms with Crippen LogP contribution in [0.5, 0.6) is 0 Å². The molecule has 0 bridgehead atoms. The Morgan fingerprint density at radius 2 is 1.85 bits per heavy atom. The minimum atomic E-state index is -1.60. The number of amides is 1. The predicted octanol–water partition coefficient (Wildman–Crippen LogP) is 6.51. The average Bonchev–Trinajstić information content (AvgIpc) is 2.81. The molecule has 2 aromatic carbocycles.